The van der Waals surface area contributed by atoms with Crippen LogP contribution in [0, 0.1) is 20.8 Å². The molecule has 3 nitrogen and oxygen atoms in total. The lowest BCUT2D eigenvalue weighted by atomic mass is 10.0. The van der Waals surface area contributed by atoms with E-state index in [0.717, 1.165) is 16.7 Å². The molecule has 2 aromatic carbocycles. The molecule has 0 aliphatic rings. The Morgan fingerprint density at radius 1 is 1.00 bits per heavy atom. The van der Waals surface area contributed by atoms with E-state index in [0.29, 0.717) is 16.6 Å². The third kappa shape index (κ3) is 3.25. The molecule has 0 aromatic heterocycles. The summed E-state index contributed by atoms with van der Waals surface area (Å²) in [5.74, 6) is 0.684. The summed E-state index contributed by atoms with van der Waals surface area (Å²) in [6.45, 7) is 5.76. The van der Waals surface area contributed by atoms with E-state index < -0.39 is 7.80 Å². The molecular formula is C17H19O3P. The highest BCUT2D eigenvalue weighted by Crippen LogP contribution is 2.30. The van der Waals surface area contributed by atoms with Gasteiger partial charge in [0.2, 0.25) is 5.52 Å². The highest BCUT2D eigenvalue weighted by atomic mass is 31.1. The molecule has 4 heteroatoms. The molecule has 2 rings (SSSR count). The average Bonchev–Trinajstić information content (AvgIpc) is 2.45. The molecule has 1 atom stereocenters. The van der Waals surface area contributed by atoms with E-state index >= 15 is 0 Å². The van der Waals surface area contributed by atoms with E-state index in [1.54, 1.807) is 31.4 Å². The Labute approximate surface area is 125 Å². The number of carbonyl (C=O) groups excluding carboxylic acids is 1. The van der Waals surface area contributed by atoms with Crippen molar-refractivity contribution >= 4 is 18.6 Å². The first-order chi connectivity index (χ1) is 9.93. The molecule has 0 bridgehead atoms. The molecule has 0 saturated heterocycles. The predicted octanol–water partition coefficient (Wildman–Crippen LogP) is 3.65. The zero-order chi connectivity index (χ0) is 15.6. The van der Waals surface area contributed by atoms with Crippen LogP contribution in [-0.4, -0.2) is 12.6 Å². The normalized spacial score (nSPS) is 12.0. The summed E-state index contributed by atoms with van der Waals surface area (Å²) in [7, 11) is -0.951. The van der Waals surface area contributed by atoms with Crippen LogP contribution >= 0.6 is 7.80 Å². The fraction of sp³-hybridized carbons (Fsp3) is 0.235. The lowest BCUT2D eigenvalue weighted by Gasteiger charge is -2.10. The van der Waals surface area contributed by atoms with Crippen LogP contribution in [0.25, 0.3) is 0 Å². The molecule has 21 heavy (non-hydrogen) atoms. The number of carbonyl (C=O) groups is 1. The Kier molecular flexibility index (Phi) is 4.64. The van der Waals surface area contributed by atoms with Crippen LogP contribution in [0.3, 0.4) is 0 Å². The van der Waals surface area contributed by atoms with Crippen LogP contribution < -0.4 is 10.0 Å². The standard InChI is InChI=1S/C17H19O3P/c1-11-9-12(2)16(13(3)10-11)17(18)21(19)15-7-5-14(20-4)6-8-15/h5-10,21H,1-4H3. The molecule has 0 aliphatic carbocycles. The van der Waals surface area contributed by atoms with Crippen LogP contribution in [0.1, 0.15) is 27.0 Å². The summed E-state index contributed by atoms with van der Waals surface area (Å²) >= 11 is 0. The van der Waals surface area contributed by atoms with Crippen LogP contribution in [0.15, 0.2) is 36.4 Å². The van der Waals surface area contributed by atoms with Gasteiger partial charge < -0.3 is 9.30 Å². The molecule has 0 fully saturated rings. The van der Waals surface area contributed by atoms with Gasteiger partial charge in [0.1, 0.15) is 5.75 Å². The highest BCUT2D eigenvalue weighted by Gasteiger charge is 2.20. The molecule has 0 aliphatic heterocycles. The number of ether oxygens (including phenoxy) is 1. The van der Waals surface area contributed by atoms with Crippen molar-refractivity contribution in [3.05, 3.63) is 58.7 Å². The topological polar surface area (TPSA) is 43.4 Å². The maximum Gasteiger partial charge on any atom is 0.223 e. The summed E-state index contributed by atoms with van der Waals surface area (Å²) in [6, 6.07) is 10.7. The van der Waals surface area contributed by atoms with Crippen molar-refractivity contribution < 1.29 is 14.1 Å². The number of hydrogen-bond donors (Lipinski definition) is 0. The second kappa shape index (κ2) is 6.28. The summed E-state index contributed by atoms with van der Waals surface area (Å²) in [4.78, 5) is 12.6. The van der Waals surface area contributed by atoms with Gasteiger partial charge in [0.05, 0.1) is 7.11 Å². The maximum atomic E-state index is 12.6. The van der Waals surface area contributed by atoms with Gasteiger partial charge in [-0.3, -0.25) is 4.79 Å². The summed E-state index contributed by atoms with van der Waals surface area (Å²) in [5.41, 5.74) is 3.17. The van der Waals surface area contributed by atoms with E-state index in [4.69, 9.17) is 4.74 Å². The average molecular weight is 302 g/mol. The summed E-state index contributed by atoms with van der Waals surface area (Å²) in [6.07, 6.45) is 0. The number of rotatable bonds is 4. The molecule has 0 radical (unpaired) electrons. The van der Waals surface area contributed by atoms with Crippen molar-refractivity contribution in [3.63, 3.8) is 0 Å². The van der Waals surface area contributed by atoms with Gasteiger partial charge in [0.15, 0.2) is 7.80 Å². The molecule has 0 heterocycles. The molecular weight excluding hydrogens is 283 g/mol. The Hall–Kier alpha value is -1.86. The molecule has 110 valence electrons. The first kappa shape index (κ1) is 15.5. The molecule has 1 unspecified atom stereocenters. The van der Waals surface area contributed by atoms with E-state index in [2.05, 4.69) is 0 Å². The minimum atomic E-state index is -2.52. The second-order valence-corrected chi connectivity index (χ2v) is 6.85. The third-order valence-corrected chi connectivity index (χ3v) is 4.98. The van der Waals surface area contributed by atoms with Gasteiger partial charge in [-0.2, -0.15) is 0 Å². The molecule has 2 aromatic rings. The first-order valence-electron chi connectivity index (χ1n) is 6.75. The molecule has 0 N–H and O–H groups in total. The zero-order valence-corrected chi connectivity index (χ0v) is 13.7. The Balaban J connectivity index is 2.37. The molecule has 0 amide bonds. The summed E-state index contributed by atoms with van der Waals surface area (Å²) < 4.78 is 17.6. The maximum absolute atomic E-state index is 12.6. The highest BCUT2D eigenvalue weighted by molar-refractivity contribution is 7.71. The van der Waals surface area contributed by atoms with E-state index in [-0.39, 0.29) is 5.52 Å². The number of methoxy groups -OCH3 is 1. The number of aryl methyl sites for hydroxylation is 3. The van der Waals surface area contributed by atoms with Gasteiger partial charge in [-0.05, 0) is 56.2 Å². The van der Waals surface area contributed by atoms with Crippen LogP contribution in [-0.2, 0) is 4.57 Å². The Bertz CT molecular complexity index is 679. The van der Waals surface area contributed by atoms with Crippen molar-refractivity contribution in [2.75, 3.05) is 7.11 Å². The van der Waals surface area contributed by atoms with Gasteiger partial charge >= 0.3 is 0 Å². The first-order valence-corrected chi connectivity index (χ1v) is 8.15. The van der Waals surface area contributed by atoms with Crippen LogP contribution in [0.5, 0.6) is 5.75 Å². The van der Waals surface area contributed by atoms with E-state index in [9.17, 15) is 9.36 Å². The van der Waals surface area contributed by atoms with Crippen molar-refractivity contribution in [3.8, 4) is 5.75 Å². The second-order valence-electron chi connectivity index (χ2n) is 5.16. The van der Waals surface area contributed by atoms with Crippen molar-refractivity contribution in [1.82, 2.24) is 0 Å². The molecule has 0 spiro atoms. The predicted molar refractivity (Wildman–Crippen MR) is 86.6 cm³/mol. The van der Waals surface area contributed by atoms with Crippen molar-refractivity contribution in [2.24, 2.45) is 0 Å². The third-order valence-electron chi connectivity index (χ3n) is 3.46. The van der Waals surface area contributed by atoms with Crippen molar-refractivity contribution in [1.29, 1.82) is 0 Å². The minimum Gasteiger partial charge on any atom is -0.497 e. The van der Waals surface area contributed by atoms with Crippen LogP contribution in [0.4, 0.5) is 0 Å². The quantitative estimate of drug-likeness (QED) is 0.810. The SMILES string of the molecule is COc1ccc([PH](=O)C(=O)c2c(C)cc(C)cc2C)cc1. The van der Waals surface area contributed by atoms with E-state index in [1.165, 1.54) is 0 Å². The van der Waals surface area contributed by atoms with Crippen LogP contribution in [0.2, 0.25) is 0 Å². The van der Waals surface area contributed by atoms with Gasteiger partial charge in [-0.25, -0.2) is 0 Å². The lowest BCUT2D eigenvalue weighted by Crippen LogP contribution is -2.07. The van der Waals surface area contributed by atoms with Gasteiger partial charge in [-0.1, -0.05) is 17.7 Å². The largest absolute Gasteiger partial charge is 0.497 e. The zero-order valence-electron chi connectivity index (χ0n) is 12.7. The van der Waals surface area contributed by atoms with Gasteiger partial charge in [0.25, 0.3) is 0 Å². The smallest absolute Gasteiger partial charge is 0.223 e. The van der Waals surface area contributed by atoms with Gasteiger partial charge in [-0.15, -0.1) is 0 Å². The number of hydrogen-bond acceptors (Lipinski definition) is 3. The lowest BCUT2D eigenvalue weighted by molar-refractivity contribution is 0.107. The Morgan fingerprint density at radius 3 is 2.00 bits per heavy atom. The molecule has 0 saturated carbocycles. The van der Waals surface area contributed by atoms with Crippen molar-refractivity contribution in [2.45, 2.75) is 20.8 Å². The van der Waals surface area contributed by atoms with Gasteiger partial charge in [0, 0.05) is 10.9 Å². The Morgan fingerprint density at radius 2 is 1.52 bits per heavy atom. The fourth-order valence-electron chi connectivity index (χ4n) is 2.53. The fourth-order valence-corrected chi connectivity index (χ4v) is 3.88. The number of benzene rings is 2. The summed E-state index contributed by atoms with van der Waals surface area (Å²) in [5, 5.41) is 0.560. The van der Waals surface area contributed by atoms with E-state index in [1.807, 2.05) is 32.9 Å². The minimum absolute atomic E-state index is 0.278. The monoisotopic (exact) mass is 302 g/mol.